The Bertz CT molecular complexity index is 1840. The maximum Gasteiger partial charge on any atom is 0.339 e. The third-order valence-electron chi connectivity index (χ3n) is 7.42. The van der Waals surface area contributed by atoms with Crippen LogP contribution in [0.3, 0.4) is 0 Å². The molecule has 12 nitrogen and oxygen atoms in total. The van der Waals surface area contributed by atoms with E-state index in [1.54, 1.807) is 24.3 Å². The van der Waals surface area contributed by atoms with Crippen LogP contribution in [-0.4, -0.2) is 57.4 Å². The average Bonchev–Trinajstić information content (AvgIpc) is 3.29. The molecule has 1 unspecified atom stereocenters. The number of nitro benzene ring substituents is 1. The van der Waals surface area contributed by atoms with Gasteiger partial charge in [0.15, 0.2) is 5.75 Å². The van der Waals surface area contributed by atoms with Crippen molar-refractivity contribution in [2.24, 2.45) is 4.99 Å². The first-order valence-electron chi connectivity index (χ1n) is 13.0. The summed E-state index contributed by atoms with van der Waals surface area (Å²) in [5.41, 5.74) is 1.98. The molecule has 2 atom stereocenters. The summed E-state index contributed by atoms with van der Waals surface area (Å²) in [6, 6.07) is 14.8. The summed E-state index contributed by atoms with van der Waals surface area (Å²) in [7, 11) is -7.17. The molecule has 1 saturated heterocycles. The van der Waals surface area contributed by atoms with Crippen molar-refractivity contribution in [3.8, 4) is 5.75 Å². The van der Waals surface area contributed by atoms with Crippen LogP contribution in [-0.2, 0) is 33.1 Å². The molecule has 3 aromatic carbocycles. The molecular weight excluding hydrogens is 713 g/mol. The fraction of sp³-hybridized carbons (Fsp3) is 0.286. The molecule has 3 aromatic rings. The van der Waals surface area contributed by atoms with Crippen molar-refractivity contribution in [2.45, 2.75) is 45.4 Å². The number of carbonyl (C=O) groups is 1. The highest BCUT2D eigenvalue weighted by Gasteiger charge is 2.53. The second-order valence-corrected chi connectivity index (χ2v) is 15.3. The smallest absolute Gasteiger partial charge is 0.339 e. The number of esters is 1. The number of hydrogen-bond donors (Lipinski definition) is 0. The zero-order valence-corrected chi connectivity index (χ0v) is 26.8. The van der Waals surface area contributed by atoms with E-state index in [9.17, 15) is 31.7 Å². The predicted molar refractivity (Wildman–Crippen MR) is 165 cm³/mol. The molecule has 0 N–H and O–H groups in total. The van der Waals surface area contributed by atoms with Gasteiger partial charge in [-0.3, -0.25) is 19.9 Å². The average molecular weight is 740 g/mol. The summed E-state index contributed by atoms with van der Waals surface area (Å²) in [4.78, 5) is 27.3. The van der Waals surface area contributed by atoms with Crippen LogP contribution >= 0.6 is 22.6 Å². The van der Waals surface area contributed by atoms with E-state index < -0.39 is 40.5 Å². The molecule has 0 radical (unpaired) electrons. The van der Waals surface area contributed by atoms with Crippen molar-refractivity contribution in [1.82, 2.24) is 4.31 Å². The summed E-state index contributed by atoms with van der Waals surface area (Å²) < 4.78 is 64.8. The predicted octanol–water partition coefficient (Wildman–Crippen LogP) is 4.80. The number of piperidine rings is 1. The van der Waals surface area contributed by atoms with Gasteiger partial charge in [0.2, 0.25) is 10.0 Å². The molecule has 0 spiro atoms. The van der Waals surface area contributed by atoms with Gasteiger partial charge in [-0.05, 0) is 50.1 Å². The van der Waals surface area contributed by atoms with Crippen LogP contribution in [0, 0.1) is 17.0 Å². The molecule has 2 aliphatic heterocycles. The number of hydrogen-bond acceptors (Lipinski definition) is 10. The summed E-state index contributed by atoms with van der Waals surface area (Å²) >= 11 is 2.20. The third-order valence-corrected chi connectivity index (χ3v) is 12.3. The van der Waals surface area contributed by atoms with Crippen LogP contribution in [0.5, 0.6) is 5.75 Å². The van der Waals surface area contributed by atoms with Gasteiger partial charge >= 0.3 is 16.1 Å². The highest BCUT2D eigenvalue weighted by Crippen LogP contribution is 2.55. The number of para-hydroxylation sites is 1. The number of nitro groups is 1. The van der Waals surface area contributed by atoms with Crippen molar-refractivity contribution in [1.29, 1.82) is 0 Å². The molecule has 0 bridgehead atoms. The first kappa shape index (κ1) is 31.0. The molecule has 5 rings (SSSR count). The molecule has 0 saturated carbocycles. The molecule has 1 fully saturated rings. The zero-order valence-electron chi connectivity index (χ0n) is 23.0. The van der Waals surface area contributed by atoms with Crippen molar-refractivity contribution in [3.05, 3.63) is 88.0 Å². The lowest BCUT2D eigenvalue weighted by atomic mass is 9.84. The van der Waals surface area contributed by atoms with Crippen molar-refractivity contribution in [2.75, 3.05) is 13.7 Å². The molecule has 15 heteroatoms. The number of non-ortho nitro benzene ring substituents is 1. The lowest BCUT2D eigenvalue weighted by Crippen LogP contribution is -2.55. The molecule has 226 valence electrons. The fourth-order valence-electron chi connectivity index (χ4n) is 5.20. The number of aryl methyl sites for hydroxylation is 1. The summed E-state index contributed by atoms with van der Waals surface area (Å²) in [6.07, 6.45) is 0.212. The number of halogens is 1. The molecule has 0 aliphatic carbocycles. The number of benzene rings is 3. The normalized spacial score (nSPS) is 20.1. The van der Waals surface area contributed by atoms with Gasteiger partial charge in [-0.15, -0.1) is 0 Å². The van der Waals surface area contributed by atoms with Crippen LogP contribution in [0.2, 0.25) is 0 Å². The summed E-state index contributed by atoms with van der Waals surface area (Å²) in [6.45, 7) is 1.88. The third kappa shape index (κ3) is 5.77. The maximum absolute atomic E-state index is 13.9. The standard InChI is InChI=1S/C28H26IN3O9S2/c1-18-6-10-21(11-7-18)43(38,39)41-24-5-3-4-22-26(24)30-27-23(14-15-25(33)40-2)31(17-16-28(22,27)29)42(36,37)20-12-8-19(9-13-20)32(34)35/h3-13,23H,14-17H2,1-2H3/t23-,28?/m1/s1. The number of alkyl halides is 1. The van der Waals surface area contributed by atoms with Gasteiger partial charge in [0.1, 0.15) is 10.6 Å². The van der Waals surface area contributed by atoms with E-state index in [4.69, 9.17) is 13.9 Å². The first-order chi connectivity index (χ1) is 20.3. The van der Waals surface area contributed by atoms with E-state index in [0.717, 1.165) is 17.7 Å². The first-order valence-corrected chi connectivity index (χ1v) is 17.0. The number of nitrogens with zero attached hydrogens (tertiary/aromatic N) is 3. The Kier molecular flexibility index (Phi) is 8.36. The molecule has 0 amide bonds. The van der Waals surface area contributed by atoms with Crippen LogP contribution in [0.1, 0.15) is 30.4 Å². The quantitative estimate of drug-likeness (QED) is 0.0749. The van der Waals surface area contributed by atoms with Crippen molar-refractivity contribution >= 4 is 65.8 Å². The number of sulfonamides is 1. The van der Waals surface area contributed by atoms with Crippen LogP contribution in [0.4, 0.5) is 11.4 Å². The molecule has 43 heavy (non-hydrogen) atoms. The van der Waals surface area contributed by atoms with Crippen molar-refractivity contribution in [3.63, 3.8) is 0 Å². The number of rotatable bonds is 9. The van der Waals surface area contributed by atoms with Crippen LogP contribution < -0.4 is 4.18 Å². The fourth-order valence-corrected chi connectivity index (χ4v) is 8.92. The zero-order chi connectivity index (χ0) is 31.2. The maximum atomic E-state index is 13.9. The van der Waals surface area contributed by atoms with E-state index >= 15 is 0 Å². The molecule has 2 aliphatic rings. The van der Waals surface area contributed by atoms with Gasteiger partial charge in [0.25, 0.3) is 5.69 Å². The van der Waals surface area contributed by atoms with Crippen LogP contribution in [0.15, 0.2) is 81.5 Å². The van der Waals surface area contributed by atoms with E-state index in [1.165, 1.54) is 41.7 Å². The monoisotopic (exact) mass is 739 g/mol. The molecule has 2 heterocycles. The van der Waals surface area contributed by atoms with E-state index in [-0.39, 0.29) is 52.7 Å². The minimum Gasteiger partial charge on any atom is -0.469 e. The number of fused-ring (bicyclic) bond motifs is 3. The Morgan fingerprint density at radius 3 is 2.35 bits per heavy atom. The Labute approximate surface area is 262 Å². The van der Waals surface area contributed by atoms with Gasteiger partial charge < -0.3 is 8.92 Å². The lowest BCUT2D eigenvalue weighted by molar-refractivity contribution is -0.384. The Morgan fingerprint density at radius 1 is 1.07 bits per heavy atom. The summed E-state index contributed by atoms with van der Waals surface area (Å²) in [5, 5.41) is 11.1. The van der Waals surface area contributed by atoms with E-state index in [0.29, 0.717) is 11.3 Å². The number of ether oxygens (including phenoxy) is 1. The second-order valence-electron chi connectivity index (χ2n) is 10.0. The second kappa shape index (κ2) is 11.6. The Hall–Kier alpha value is -3.41. The summed E-state index contributed by atoms with van der Waals surface area (Å²) in [5.74, 6) is -0.547. The number of methoxy groups -OCH3 is 1. The largest absolute Gasteiger partial charge is 0.469 e. The van der Waals surface area contributed by atoms with Gasteiger partial charge in [-0.1, -0.05) is 52.4 Å². The molecule has 0 aromatic heterocycles. The highest BCUT2D eigenvalue weighted by molar-refractivity contribution is 14.1. The SMILES string of the molecule is COC(=O)CC[C@@H]1C2=Nc3c(OS(=O)(=O)c4ccc(C)cc4)cccc3C2(I)CCN1S(=O)(=O)c1ccc([N+](=O)[O-])cc1. The van der Waals surface area contributed by atoms with Gasteiger partial charge in [0.05, 0.1) is 32.1 Å². The van der Waals surface area contributed by atoms with Crippen molar-refractivity contribution < 1.29 is 35.5 Å². The lowest BCUT2D eigenvalue weighted by Gasteiger charge is -2.42. The molecular formula is C28H26IN3O9S2. The minimum atomic E-state index is -4.21. The van der Waals surface area contributed by atoms with Gasteiger partial charge in [0, 0.05) is 30.7 Å². The van der Waals surface area contributed by atoms with E-state index in [1.807, 2.05) is 6.92 Å². The van der Waals surface area contributed by atoms with E-state index in [2.05, 4.69) is 22.6 Å². The van der Waals surface area contributed by atoms with Crippen LogP contribution in [0.25, 0.3) is 0 Å². The Morgan fingerprint density at radius 2 is 1.72 bits per heavy atom. The van der Waals surface area contributed by atoms with Gasteiger partial charge in [-0.25, -0.2) is 8.42 Å². The Balaban J connectivity index is 1.56. The highest BCUT2D eigenvalue weighted by atomic mass is 127. The number of aliphatic imine (C=N–C) groups is 1. The number of carbonyl (C=O) groups excluding carboxylic acids is 1. The van der Waals surface area contributed by atoms with Gasteiger partial charge in [-0.2, -0.15) is 12.7 Å². The minimum absolute atomic E-state index is 0.00694. The topological polar surface area (TPSA) is 163 Å².